The zero-order valence-electron chi connectivity index (χ0n) is 13.5. The molecule has 5 nitrogen and oxygen atoms in total. The second kappa shape index (κ2) is 9.05. The molecule has 1 amide bonds. The van der Waals surface area contributed by atoms with E-state index in [1.807, 2.05) is 0 Å². The third-order valence-corrected chi connectivity index (χ3v) is 3.00. The molecule has 0 bridgehead atoms. The number of hydrogen-bond acceptors (Lipinski definition) is 4. The third kappa shape index (κ3) is 6.20. The molecule has 126 valence electrons. The van der Waals surface area contributed by atoms with Gasteiger partial charge in [0.1, 0.15) is 5.82 Å². The molecule has 2 atom stereocenters. The van der Waals surface area contributed by atoms with E-state index in [9.17, 15) is 14.0 Å². The van der Waals surface area contributed by atoms with E-state index >= 15 is 0 Å². The molecule has 0 aliphatic rings. The van der Waals surface area contributed by atoms with Crippen molar-refractivity contribution in [1.29, 1.82) is 0 Å². The Morgan fingerprint density at radius 2 is 2.04 bits per heavy atom. The first kappa shape index (κ1) is 18.8. The van der Waals surface area contributed by atoms with Gasteiger partial charge in [-0.3, -0.25) is 4.79 Å². The van der Waals surface area contributed by atoms with Crippen LogP contribution in [0.4, 0.5) is 10.1 Å². The van der Waals surface area contributed by atoms with E-state index < -0.39 is 29.9 Å². The van der Waals surface area contributed by atoms with Crippen molar-refractivity contribution < 1.29 is 23.5 Å². The summed E-state index contributed by atoms with van der Waals surface area (Å²) in [6, 6.07) is 5.49. The van der Waals surface area contributed by atoms with Gasteiger partial charge < -0.3 is 14.8 Å². The molecular formula is C17H22FNO4. The van der Waals surface area contributed by atoms with E-state index in [0.717, 1.165) is 0 Å². The molecule has 0 radical (unpaired) electrons. The molecule has 23 heavy (non-hydrogen) atoms. The van der Waals surface area contributed by atoms with Crippen LogP contribution in [0.1, 0.15) is 20.8 Å². The number of esters is 1. The topological polar surface area (TPSA) is 64.6 Å². The highest BCUT2D eigenvalue weighted by Crippen LogP contribution is 2.14. The number of benzene rings is 1. The SMILES string of the molecule is C=CCOC(C)C(=O)OC(C(=O)Nc1cccc(F)c1)C(C)C. The van der Waals surface area contributed by atoms with Crippen LogP contribution in [0.3, 0.4) is 0 Å². The van der Waals surface area contributed by atoms with Crippen molar-refractivity contribution in [2.45, 2.75) is 33.0 Å². The minimum Gasteiger partial charge on any atom is -0.450 e. The van der Waals surface area contributed by atoms with Crippen LogP contribution >= 0.6 is 0 Å². The normalized spacial score (nSPS) is 13.3. The lowest BCUT2D eigenvalue weighted by atomic mass is 10.1. The Morgan fingerprint density at radius 3 is 2.61 bits per heavy atom. The number of nitrogens with one attached hydrogen (secondary N) is 1. The lowest BCUT2D eigenvalue weighted by molar-refractivity contribution is -0.166. The van der Waals surface area contributed by atoms with Crippen molar-refractivity contribution in [3.8, 4) is 0 Å². The Bertz CT molecular complexity index is 559. The minimum atomic E-state index is -0.999. The Kier molecular flexibility index (Phi) is 7.41. The van der Waals surface area contributed by atoms with Crippen LogP contribution in [0.15, 0.2) is 36.9 Å². The molecule has 0 saturated carbocycles. The Balaban J connectivity index is 2.71. The van der Waals surface area contributed by atoms with Crippen molar-refractivity contribution in [1.82, 2.24) is 0 Å². The first-order chi connectivity index (χ1) is 10.8. The minimum absolute atomic E-state index is 0.206. The van der Waals surface area contributed by atoms with Crippen LogP contribution in [0.25, 0.3) is 0 Å². The largest absolute Gasteiger partial charge is 0.450 e. The number of anilines is 1. The molecule has 0 aromatic heterocycles. The number of amides is 1. The third-order valence-electron chi connectivity index (χ3n) is 3.00. The second-order valence-electron chi connectivity index (χ2n) is 5.37. The van der Waals surface area contributed by atoms with Crippen LogP contribution in [0.5, 0.6) is 0 Å². The second-order valence-corrected chi connectivity index (χ2v) is 5.37. The summed E-state index contributed by atoms with van der Waals surface area (Å²) < 4.78 is 23.6. The van der Waals surface area contributed by atoms with Crippen LogP contribution < -0.4 is 5.32 Å². The molecule has 0 aliphatic heterocycles. The molecule has 0 heterocycles. The van der Waals surface area contributed by atoms with E-state index in [2.05, 4.69) is 11.9 Å². The van der Waals surface area contributed by atoms with Gasteiger partial charge in [-0.25, -0.2) is 9.18 Å². The number of halogens is 1. The fourth-order valence-corrected chi connectivity index (χ4v) is 1.77. The summed E-state index contributed by atoms with van der Waals surface area (Å²) in [6.07, 6.45) is -0.294. The van der Waals surface area contributed by atoms with Crippen molar-refractivity contribution in [3.05, 3.63) is 42.7 Å². The molecule has 0 saturated heterocycles. The number of carbonyl (C=O) groups excluding carboxylic acids is 2. The first-order valence-corrected chi connectivity index (χ1v) is 7.34. The van der Waals surface area contributed by atoms with E-state index in [1.54, 1.807) is 19.9 Å². The standard InChI is InChI=1S/C17H22FNO4/c1-5-9-22-12(4)17(21)23-15(11(2)3)16(20)19-14-8-6-7-13(18)10-14/h5-8,10-12,15H,1,9H2,2-4H3,(H,19,20). The predicted octanol–water partition coefficient (Wildman–Crippen LogP) is 2.92. The smallest absolute Gasteiger partial charge is 0.335 e. The van der Waals surface area contributed by atoms with Gasteiger partial charge >= 0.3 is 5.97 Å². The molecule has 0 aliphatic carbocycles. The van der Waals surface area contributed by atoms with Gasteiger partial charge in [0.25, 0.3) is 5.91 Å². The quantitative estimate of drug-likeness (QED) is 0.590. The molecule has 1 aromatic carbocycles. The van der Waals surface area contributed by atoms with Crippen LogP contribution in [0, 0.1) is 11.7 Å². The van der Waals surface area contributed by atoms with E-state index in [4.69, 9.17) is 9.47 Å². The van der Waals surface area contributed by atoms with Crippen molar-refractivity contribution >= 4 is 17.6 Å². The van der Waals surface area contributed by atoms with Crippen LogP contribution in [-0.4, -0.2) is 30.7 Å². The zero-order valence-corrected chi connectivity index (χ0v) is 13.5. The number of rotatable bonds is 8. The first-order valence-electron chi connectivity index (χ1n) is 7.34. The summed E-state index contributed by atoms with van der Waals surface area (Å²) in [4.78, 5) is 24.2. The van der Waals surface area contributed by atoms with Gasteiger partial charge in [0.2, 0.25) is 0 Å². The summed E-state index contributed by atoms with van der Waals surface area (Å²) >= 11 is 0. The maximum Gasteiger partial charge on any atom is 0.335 e. The summed E-state index contributed by atoms with van der Waals surface area (Å²) in [5, 5.41) is 2.54. The van der Waals surface area contributed by atoms with Crippen molar-refractivity contribution in [3.63, 3.8) is 0 Å². The highest BCUT2D eigenvalue weighted by atomic mass is 19.1. The Morgan fingerprint density at radius 1 is 1.35 bits per heavy atom. The highest BCUT2D eigenvalue weighted by Gasteiger charge is 2.28. The molecular weight excluding hydrogens is 301 g/mol. The average Bonchev–Trinajstić information content (AvgIpc) is 2.49. The lowest BCUT2D eigenvalue weighted by Gasteiger charge is -2.22. The Labute approximate surface area is 135 Å². The zero-order chi connectivity index (χ0) is 17.4. The monoisotopic (exact) mass is 323 g/mol. The number of ether oxygens (including phenoxy) is 2. The predicted molar refractivity (Wildman–Crippen MR) is 85.4 cm³/mol. The fraction of sp³-hybridized carbons (Fsp3) is 0.412. The van der Waals surface area contributed by atoms with Crippen LogP contribution in [0.2, 0.25) is 0 Å². The van der Waals surface area contributed by atoms with Gasteiger partial charge in [0, 0.05) is 5.69 Å². The molecule has 0 fully saturated rings. The van der Waals surface area contributed by atoms with Crippen LogP contribution in [-0.2, 0) is 19.1 Å². The van der Waals surface area contributed by atoms with E-state index in [-0.39, 0.29) is 12.5 Å². The van der Waals surface area contributed by atoms with Gasteiger partial charge in [0.05, 0.1) is 6.61 Å². The van der Waals surface area contributed by atoms with Crippen molar-refractivity contribution in [2.24, 2.45) is 5.92 Å². The number of hydrogen-bond donors (Lipinski definition) is 1. The van der Waals surface area contributed by atoms with Gasteiger partial charge in [-0.15, -0.1) is 6.58 Å². The maximum atomic E-state index is 13.2. The molecule has 1 N–H and O–H groups in total. The molecule has 0 spiro atoms. The van der Waals surface area contributed by atoms with Gasteiger partial charge in [-0.05, 0) is 31.0 Å². The summed E-state index contributed by atoms with van der Waals surface area (Å²) in [5.41, 5.74) is 0.299. The fourth-order valence-electron chi connectivity index (χ4n) is 1.77. The average molecular weight is 323 g/mol. The van der Waals surface area contributed by atoms with Gasteiger partial charge in [0.15, 0.2) is 12.2 Å². The molecule has 2 unspecified atom stereocenters. The van der Waals surface area contributed by atoms with Gasteiger partial charge in [-0.1, -0.05) is 26.0 Å². The summed E-state index contributed by atoms with van der Waals surface area (Å²) in [7, 11) is 0. The Hall–Kier alpha value is -2.21. The number of carbonyl (C=O) groups is 2. The summed E-state index contributed by atoms with van der Waals surface area (Å²) in [5.74, 6) is -1.87. The highest BCUT2D eigenvalue weighted by molar-refractivity contribution is 5.95. The summed E-state index contributed by atoms with van der Waals surface area (Å²) in [6.45, 7) is 8.73. The van der Waals surface area contributed by atoms with E-state index in [0.29, 0.717) is 5.69 Å². The molecule has 1 aromatic rings. The van der Waals surface area contributed by atoms with E-state index in [1.165, 1.54) is 31.2 Å². The van der Waals surface area contributed by atoms with Gasteiger partial charge in [-0.2, -0.15) is 0 Å². The molecule has 6 heteroatoms. The lowest BCUT2D eigenvalue weighted by Crippen LogP contribution is -2.39. The maximum absolute atomic E-state index is 13.2. The molecule has 1 rings (SSSR count). The van der Waals surface area contributed by atoms with Crippen molar-refractivity contribution in [2.75, 3.05) is 11.9 Å².